The van der Waals surface area contributed by atoms with E-state index in [1.807, 2.05) is 43.4 Å². The molecule has 0 saturated heterocycles. The Morgan fingerprint density at radius 3 is 2.64 bits per heavy atom. The number of carbonyl (C=O) groups is 1. The first-order chi connectivity index (χ1) is 6.38. The Morgan fingerprint density at radius 1 is 1.57 bits per heavy atom. The third-order valence-electron chi connectivity index (χ3n) is 1.06. The monoisotopic (exact) mass is 327 g/mol. The van der Waals surface area contributed by atoms with Gasteiger partial charge in [-0.2, -0.15) is 0 Å². The molecule has 0 spiro atoms. The highest BCUT2D eigenvalue weighted by Crippen LogP contribution is 2.20. The Hall–Kier alpha value is -0.440. The average Bonchev–Trinajstić information content (AvgIpc) is 2.32. The van der Waals surface area contributed by atoms with E-state index in [-0.39, 0.29) is 0 Å². The van der Waals surface area contributed by atoms with Gasteiger partial charge in [-0.15, -0.1) is 5.10 Å². The zero-order chi connectivity index (χ0) is 10.8. The van der Waals surface area contributed by atoms with Crippen LogP contribution in [0.4, 0.5) is 9.80 Å². The minimum atomic E-state index is -0.492. The van der Waals surface area contributed by atoms with E-state index >= 15 is 0 Å². The fourth-order valence-electron chi connectivity index (χ4n) is 0.651. The molecule has 1 aromatic rings. The summed E-state index contributed by atoms with van der Waals surface area (Å²) in [6.07, 6.45) is -0.485. The number of hydrogen-bond acceptors (Lipinski definition) is 5. The molecule has 1 amide bonds. The molecular formula is C7H10IN3O2S. The molecule has 1 rings (SSSR count). The molecule has 0 radical (unpaired) electrons. The number of nitrogens with one attached hydrogen (secondary N) is 1. The van der Waals surface area contributed by atoms with Crippen molar-refractivity contribution in [3.63, 3.8) is 0 Å². The highest BCUT2D eigenvalue weighted by atomic mass is 127. The van der Waals surface area contributed by atoms with Crippen molar-refractivity contribution in [1.29, 1.82) is 0 Å². The lowest BCUT2D eigenvalue weighted by atomic mass is 10.2. The zero-order valence-electron chi connectivity index (χ0n) is 8.00. The first kappa shape index (κ1) is 11.6. The van der Waals surface area contributed by atoms with Gasteiger partial charge in [0.25, 0.3) is 0 Å². The van der Waals surface area contributed by atoms with E-state index in [0.717, 1.165) is 11.5 Å². The summed E-state index contributed by atoms with van der Waals surface area (Å²) < 4.78 is 9.41. The van der Waals surface area contributed by atoms with E-state index in [0.29, 0.717) is 8.70 Å². The van der Waals surface area contributed by atoms with Crippen LogP contribution in [0.2, 0.25) is 0 Å². The van der Waals surface area contributed by atoms with E-state index in [1.54, 1.807) is 0 Å². The van der Waals surface area contributed by atoms with Crippen LogP contribution in [-0.4, -0.2) is 21.3 Å². The lowest BCUT2D eigenvalue weighted by Gasteiger charge is -2.19. The SMILES string of the molecule is CC(C)(C)OC(=O)Nc1snnc1I. The van der Waals surface area contributed by atoms with Crippen molar-refractivity contribution in [2.45, 2.75) is 26.4 Å². The quantitative estimate of drug-likeness (QED) is 0.805. The fraction of sp³-hybridized carbons (Fsp3) is 0.571. The Balaban J connectivity index is 2.54. The molecule has 0 unspecified atom stereocenters. The number of ether oxygens (including phenoxy) is 1. The zero-order valence-corrected chi connectivity index (χ0v) is 11.0. The molecule has 7 heteroatoms. The predicted octanol–water partition coefficient (Wildman–Crippen LogP) is 2.49. The number of carbonyl (C=O) groups excluding carboxylic acids is 1. The van der Waals surface area contributed by atoms with Crippen LogP contribution in [0.5, 0.6) is 0 Å². The predicted molar refractivity (Wildman–Crippen MR) is 62.5 cm³/mol. The largest absolute Gasteiger partial charge is 0.444 e. The third-order valence-corrected chi connectivity index (χ3v) is 2.82. The molecule has 78 valence electrons. The van der Waals surface area contributed by atoms with Gasteiger partial charge >= 0.3 is 6.09 Å². The summed E-state index contributed by atoms with van der Waals surface area (Å²) in [7, 11) is 0. The number of hydrogen-bond donors (Lipinski definition) is 1. The standard InChI is InChI=1S/C7H10IN3O2S/c1-7(2,3)13-6(12)9-5-4(8)10-11-14-5/h1-3H3,(H,9,12). The Kier molecular flexibility index (Phi) is 3.65. The number of aromatic nitrogens is 2. The summed E-state index contributed by atoms with van der Waals surface area (Å²) in [4.78, 5) is 11.3. The molecule has 1 N–H and O–H groups in total. The molecule has 5 nitrogen and oxygen atoms in total. The van der Waals surface area contributed by atoms with Gasteiger partial charge in [0.2, 0.25) is 0 Å². The number of halogens is 1. The van der Waals surface area contributed by atoms with Gasteiger partial charge in [-0.1, -0.05) is 4.49 Å². The molecule has 0 aromatic carbocycles. The maximum Gasteiger partial charge on any atom is 0.412 e. The van der Waals surface area contributed by atoms with Crippen LogP contribution in [-0.2, 0) is 4.74 Å². The van der Waals surface area contributed by atoms with Crippen LogP contribution in [0.15, 0.2) is 0 Å². The normalized spacial score (nSPS) is 11.1. The fourth-order valence-corrected chi connectivity index (χ4v) is 1.78. The van der Waals surface area contributed by atoms with E-state index in [1.165, 1.54) is 0 Å². The van der Waals surface area contributed by atoms with E-state index < -0.39 is 11.7 Å². The summed E-state index contributed by atoms with van der Waals surface area (Å²) in [5, 5.41) is 6.93. The molecule has 14 heavy (non-hydrogen) atoms. The van der Waals surface area contributed by atoms with E-state index in [9.17, 15) is 4.79 Å². The number of amides is 1. The second kappa shape index (κ2) is 4.39. The van der Waals surface area contributed by atoms with Crippen molar-refractivity contribution < 1.29 is 9.53 Å². The topological polar surface area (TPSA) is 64.1 Å². The lowest BCUT2D eigenvalue weighted by molar-refractivity contribution is 0.0636. The third kappa shape index (κ3) is 3.74. The van der Waals surface area contributed by atoms with Crippen molar-refractivity contribution in [3.8, 4) is 0 Å². The van der Waals surface area contributed by atoms with Gasteiger partial charge in [0.05, 0.1) is 0 Å². The highest BCUT2D eigenvalue weighted by Gasteiger charge is 2.17. The van der Waals surface area contributed by atoms with Gasteiger partial charge in [-0.3, -0.25) is 5.32 Å². The Bertz CT molecular complexity index is 334. The number of nitrogens with zero attached hydrogens (tertiary/aromatic N) is 2. The van der Waals surface area contributed by atoms with Crippen LogP contribution in [0.25, 0.3) is 0 Å². The molecule has 1 aromatic heterocycles. The minimum Gasteiger partial charge on any atom is -0.444 e. The molecular weight excluding hydrogens is 317 g/mol. The molecule has 0 aliphatic carbocycles. The van der Waals surface area contributed by atoms with Crippen LogP contribution in [0.3, 0.4) is 0 Å². The number of rotatable bonds is 1. The van der Waals surface area contributed by atoms with Crippen LogP contribution >= 0.6 is 34.1 Å². The van der Waals surface area contributed by atoms with Crippen molar-refractivity contribution >= 4 is 45.2 Å². The second-order valence-electron chi connectivity index (χ2n) is 3.52. The maximum absolute atomic E-state index is 11.3. The van der Waals surface area contributed by atoms with Crippen molar-refractivity contribution in [1.82, 2.24) is 9.59 Å². The molecule has 0 aliphatic heterocycles. The minimum absolute atomic E-state index is 0.485. The molecule has 0 atom stereocenters. The smallest absolute Gasteiger partial charge is 0.412 e. The number of anilines is 1. The maximum atomic E-state index is 11.3. The van der Waals surface area contributed by atoms with Crippen molar-refractivity contribution in [2.24, 2.45) is 0 Å². The van der Waals surface area contributed by atoms with Gasteiger partial charge in [0.15, 0.2) is 8.70 Å². The summed E-state index contributed by atoms with van der Waals surface area (Å²) in [5.74, 6) is 0. The van der Waals surface area contributed by atoms with Crippen LogP contribution < -0.4 is 5.32 Å². The highest BCUT2D eigenvalue weighted by molar-refractivity contribution is 14.1. The first-order valence-electron chi connectivity index (χ1n) is 3.86. The summed E-state index contributed by atoms with van der Waals surface area (Å²) in [5.41, 5.74) is -0.492. The van der Waals surface area contributed by atoms with Crippen molar-refractivity contribution in [3.05, 3.63) is 3.70 Å². The second-order valence-corrected chi connectivity index (χ2v) is 5.30. The van der Waals surface area contributed by atoms with Crippen LogP contribution in [0, 0.1) is 3.70 Å². The van der Waals surface area contributed by atoms with E-state index in [4.69, 9.17) is 4.74 Å². The van der Waals surface area contributed by atoms with Gasteiger partial charge in [-0.25, -0.2) is 4.79 Å². The van der Waals surface area contributed by atoms with Gasteiger partial charge in [0.1, 0.15) is 5.60 Å². The first-order valence-corrected chi connectivity index (χ1v) is 5.71. The van der Waals surface area contributed by atoms with Gasteiger partial charge in [-0.05, 0) is 43.4 Å². The summed E-state index contributed by atoms with van der Waals surface area (Å²) in [6, 6.07) is 0. The van der Waals surface area contributed by atoms with Gasteiger partial charge < -0.3 is 4.74 Å². The Labute approximate surface area is 99.5 Å². The molecule has 0 saturated carbocycles. The summed E-state index contributed by atoms with van der Waals surface area (Å²) >= 11 is 3.12. The molecule has 1 heterocycles. The molecule has 0 bridgehead atoms. The lowest BCUT2D eigenvalue weighted by Crippen LogP contribution is -2.27. The summed E-state index contributed by atoms with van der Waals surface area (Å²) in [6.45, 7) is 5.42. The van der Waals surface area contributed by atoms with Crippen LogP contribution in [0.1, 0.15) is 20.8 Å². The van der Waals surface area contributed by atoms with E-state index in [2.05, 4.69) is 14.9 Å². The molecule has 0 aliphatic rings. The van der Waals surface area contributed by atoms with Crippen molar-refractivity contribution in [2.75, 3.05) is 5.32 Å². The average molecular weight is 327 g/mol. The molecule has 0 fully saturated rings. The Morgan fingerprint density at radius 2 is 2.21 bits per heavy atom. The van der Waals surface area contributed by atoms with Gasteiger partial charge in [0, 0.05) is 11.5 Å².